The van der Waals surface area contributed by atoms with Crippen molar-refractivity contribution in [2.24, 2.45) is 0 Å². The van der Waals surface area contributed by atoms with E-state index in [1.807, 2.05) is 30.3 Å². The minimum absolute atomic E-state index is 0.0472. The number of hydrogen-bond acceptors (Lipinski definition) is 3. The highest BCUT2D eigenvalue weighted by molar-refractivity contribution is 5.93. The quantitative estimate of drug-likeness (QED) is 0.582. The van der Waals surface area contributed by atoms with E-state index < -0.39 is 5.97 Å². The second-order valence-electron chi connectivity index (χ2n) is 3.51. The van der Waals surface area contributed by atoms with Crippen LogP contribution < -0.4 is 0 Å². The first kappa shape index (κ1) is 13.0. The molecule has 0 heterocycles. The summed E-state index contributed by atoms with van der Waals surface area (Å²) in [7, 11) is 2.84. The van der Waals surface area contributed by atoms with E-state index in [0.717, 1.165) is 5.56 Å². The number of carbonyl (C=O) groups is 2. The van der Waals surface area contributed by atoms with Crippen LogP contribution in [0.15, 0.2) is 36.4 Å². The zero-order valence-corrected chi connectivity index (χ0v) is 9.92. The Hall–Kier alpha value is -2.10. The number of esters is 1. The third-order valence-electron chi connectivity index (χ3n) is 2.19. The molecule has 0 radical (unpaired) electrons. The summed E-state index contributed by atoms with van der Waals surface area (Å²) in [5.74, 6) is -0.673. The van der Waals surface area contributed by atoms with Crippen LogP contribution in [0.2, 0.25) is 0 Å². The smallest absolute Gasteiger partial charge is 0.325 e. The fraction of sp³-hybridized carbons (Fsp3) is 0.231. The van der Waals surface area contributed by atoms with Gasteiger partial charge in [-0.2, -0.15) is 0 Å². The van der Waals surface area contributed by atoms with Crippen molar-refractivity contribution in [1.29, 1.82) is 0 Å². The van der Waals surface area contributed by atoms with Gasteiger partial charge in [-0.3, -0.25) is 9.59 Å². The lowest BCUT2D eigenvalue weighted by Gasteiger charge is -2.12. The van der Waals surface area contributed by atoms with E-state index in [-0.39, 0.29) is 12.5 Å². The van der Waals surface area contributed by atoms with Crippen LogP contribution in [0.1, 0.15) is 5.56 Å². The Morgan fingerprint density at radius 3 is 2.53 bits per heavy atom. The van der Waals surface area contributed by atoms with Crippen LogP contribution in [0.4, 0.5) is 0 Å². The third kappa shape index (κ3) is 4.51. The van der Waals surface area contributed by atoms with E-state index in [1.54, 1.807) is 13.1 Å². The second kappa shape index (κ2) is 6.48. The fourth-order valence-electron chi connectivity index (χ4n) is 1.20. The molecule has 1 rings (SSSR count). The molecular formula is C13H15NO3. The highest BCUT2D eigenvalue weighted by atomic mass is 16.5. The molecule has 0 aliphatic rings. The Kier molecular flexibility index (Phi) is 4.94. The first-order valence-corrected chi connectivity index (χ1v) is 5.18. The molecule has 0 aliphatic carbocycles. The number of hydrogen-bond donors (Lipinski definition) is 0. The van der Waals surface area contributed by atoms with Gasteiger partial charge in [-0.25, -0.2) is 0 Å². The summed E-state index contributed by atoms with van der Waals surface area (Å²) in [6.45, 7) is -0.0472. The van der Waals surface area contributed by atoms with Crippen molar-refractivity contribution in [2.75, 3.05) is 20.7 Å². The molecule has 0 fully saturated rings. The maximum Gasteiger partial charge on any atom is 0.325 e. The maximum absolute atomic E-state index is 11.6. The van der Waals surface area contributed by atoms with Crippen LogP contribution in [0.3, 0.4) is 0 Å². The van der Waals surface area contributed by atoms with Crippen LogP contribution in [0.25, 0.3) is 6.08 Å². The Morgan fingerprint density at radius 2 is 1.94 bits per heavy atom. The minimum Gasteiger partial charge on any atom is -0.468 e. The van der Waals surface area contributed by atoms with Crippen LogP contribution in [0.5, 0.6) is 0 Å². The van der Waals surface area contributed by atoms with Gasteiger partial charge in [0.1, 0.15) is 6.54 Å². The monoisotopic (exact) mass is 233 g/mol. The van der Waals surface area contributed by atoms with Gasteiger partial charge >= 0.3 is 5.97 Å². The Morgan fingerprint density at radius 1 is 1.29 bits per heavy atom. The molecule has 0 unspecified atom stereocenters. The molecule has 4 nitrogen and oxygen atoms in total. The number of amides is 1. The zero-order chi connectivity index (χ0) is 12.7. The summed E-state index contributed by atoms with van der Waals surface area (Å²) < 4.78 is 4.48. The number of rotatable bonds is 4. The predicted molar refractivity (Wildman–Crippen MR) is 65.1 cm³/mol. The molecule has 0 bridgehead atoms. The molecule has 0 aromatic heterocycles. The molecule has 0 aliphatic heterocycles. The standard InChI is InChI=1S/C13H15NO3/c1-14(10-13(16)17-2)12(15)9-8-11-6-4-3-5-7-11/h3-9H,10H2,1-2H3. The van der Waals surface area contributed by atoms with Gasteiger partial charge in [0.05, 0.1) is 7.11 Å². The topological polar surface area (TPSA) is 46.6 Å². The molecule has 1 aromatic carbocycles. The summed E-state index contributed by atoms with van der Waals surface area (Å²) in [6, 6.07) is 9.47. The van der Waals surface area contributed by atoms with Gasteiger partial charge in [-0.05, 0) is 11.6 Å². The molecule has 1 amide bonds. The molecule has 0 saturated heterocycles. The van der Waals surface area contributed by atoms with Crippen molar-refractivity contribution < 1.29 is 14.3 Å². The van der Waals surface area contributed by atoms with Gasteiger partial charge in [0.2, 0.25) is 5.91 Å². The van der Waals surface area contributed by atoms with Gasteiger partial charge in [0.15, 0.2) is 0 Å². The van der Waals surface area contributed by atoms with Crippen LogP contribution in [0, 0.1) is 0 Å². The Bertz CT molecular complexity index is 412. The molecule has 0 spiro atoms. The van der Waals surface area contributed by atoms with Crippen molar-refractivity contribution >= 4 is 18.0 Å². The average molecular weight is 233 g/mol. The van der Waals surface area contributed by atoms with Gasteiger partial charge in [0, 0.05) is 13.1 Å². The van der Waals surface area contributed by atoms with Crippen molar-refractivity contribution in [1.82, 2.24) is 4.90 Å². The Labute approximate surface area is 100 Å². The largest absolute Gasteiger partial charge is 0.468 e. The Balaban J connectivity index is 2.54. The lowest BCUT2D eigenvalue weighted by molar-refractivity contribution is -0.144. The van der Waals surface area contributed by atoms with E-state index in [4.69, 9.17) is 0 Å². The van der Waals surface area contributed by atoms with E-state index >= 15 is 0 Å². The van der Waals surface area contributed by atoms with E-state index in [2.05, 4.69) is 4.74 Å². The van der Waals surface area contributed by atoms with E-state index in [9.17, 15) is 9.59 Å². The normalized spacial score (nSPS) is 10.2. The predicted octanol–water partition coefficient (Wildman–Crippen LogP) is 1.33. The summed E-state index contributed by atoms with van der Waals surface area (Å²) in [5, 5.41) is 0. The van der Waals surface area contributed by atoms with Crippen molar-refractivity contribution in [3.63, 3.8) is 0 Å². The summed E-state index contributed by atoms with van der Waals surface area (Å²) in [6.07, 6.45) is 3.13. The van der Waals surface area contributed by atoms with Crippen molar-refractivity contribution in [2.45, 2.75) is 0 Å². The SMILES string of the molecule is COC(=O)CN(C)C(=O)C=Cc1ccccc1. The lowest BCUT2D eigenvalue weighted by Crippen LogP contribution is -2.31. The van der Waals surface area contributed by atoms with Gasteiger partial charge < -0.3 is 9.64 Å². The highest BCUT2D eigenvalue weighted by Gasteiger charge is 2.09. The first-order chi connectivity index (χ1) is 8.13. The van der Waals surface area contributed by atoms with Crippen LogP contribution >= 0.6 is 0 Å². The zero-order valence-electron chi connectivity index (χ0n) is 9.92. The number of likely N-dealkylation sites (N-methyl/N-ethyl adjacent to an activating group) is 1. The minimum atomic E-state index is -0.436. The van der Waals surface area contributed by atoms with Crippen molar-refractivity contribution in [3.05, 3.63) is 42.0 Å². The molecule has 1 aromatic rings. The molecule has 0 N–H and O–H groups in total. The molecule has 0 saturated carbocycles. The summed E-state index contributed by atoms with van der Waals surface area (Å²) >= 11 is 0. The average Bonchev–Trinajstić information content (AvgIpc) is 2.36. The molecule has 4 heteroatoms. The first-order valence-electron chi connectivity index (χ1n) is 5.18. The number of carbonyl (C=O) groups excluding carboxylic acids is 2. The number of nitrogens with zero attached hydrogens (tertiary/aromatic N) is 1. The van der Waals surface area contributed by atoms with Crippen LogP contribution in [-0.2, 0) is 14.3 Å². The second-order valence-corrected chi connectivity index (χ2v) is 3.51. The maximum atomic E-state index is 11.6. The fourth-order valence-corrected chi connectivity index (χ4v) is 1.20. The number of ether oxygens (including phenoxy) is 1. The van der Waals surface area contributed by atoms with Crippen molar-refractivity contribution in [3.8, 4) is 0 Å². The number of methoxy groups -OCH3 is 1. The summed E-state index contributed by atoms with van der Waals surface area (Å²) in [4.78, 5) is 23.9. The molecular weight excluding hydrogens is 218 g/mol. The molecule has 0 atom stereocenters. The number of benzene rings is 1. The molecule has 90 valence electrons. The lowest BCUT2D eigenvalue weighted by atomic mass is 10.2. The highest BCUT2D eigenvalue weighted by Crippen LogP contribution is 2.01. The third-order valence-corrected chi connectivity index (χ3v) is 2.19. The van der Waals surface area contributed by atoms with Gasteiger partial charge in [-0.15, -0.1) is 0 Å². The summed E-state index contributed by atoms with van der Waals surface area (Å²) in [5.41, 5.74) is 0.937. The van der Waals surface area contributed by atoms with Gasteiger partial charge in [-0.1, -0.05) is 30.3 Å². The van der Waals surface area contributed by atoms with E-state index in [1.165, 1.54) is 18.1 Å². The van der Waals surface area contributed by atoms with Gasteiger partial charge in [0.25, 0.3) is 0 Å². The molecule has 17 heavy (non-hydrogen) atoms. The van der Waals surface area contributed by atoms with Crippen LogP contribution in [-0.4, -0.2) is 37.5 Å². The van der Waals surface area contributed by atoms with E-state index in [0.29, 0.717) is 0 Å².